The first-order valence-corrected chi connectivity index (χ1v) is 5.20. The zero-order valence-electron chi connectivity index (χ0n) is 9.71. The zero-order valence-corrected chi connectivity index (χ0v) is 9.71. The lowest BCUT2D eigenvalue weighted by atomic mass is 10.1. The van der Waals surface area contributed by atoms with Gasteiger partial charge in [-0.1, -0.05) is 30.9 Å². The van der Waals surface area contributed by atoms with Gasteiger partial charge in [0.2, 0.25) is 0 Å². The van der Waals surface area contributed by atoms with Crippen molar-refractivity contribution in [1.82, 2.24) is 0 Å². The fourth-order valence-corrected chi connectivity index (χ4v) is 1.29. The molecule has 1 aromatic rings. The summed E-state index contributed by atoms with van der Waals surface area (Å²) in [6.45, 7) is 10.6. The predicted molar refractivity (Wildman–Crippen MR) is 65.7 cm³/mol. The molecule has 1 aromatic carbocycles. The van der Waals surface area contributed by atoms with Crippen LogP contribution in [0.3, 0.4) is 0 Å². The van der Waals surface area contributed by atoms with Crippen molar-refractivity contribution in [3.8, 4) is 0 Å². The highest BCUT2D eigenvalue weighted by molar-refractivity contribution is 5.53. The Balaban J connectivity index is 2.72. The number of allylic oxidation sites excluding steroid dienone is 1. The quantitative estimate of drug-likeness (QED) is 0.532. The van der Waals surface area contributed by atoms with Gasteiger partial charge in [-0.3, -0.25) is 0 Å². The zero-order chi connectivity index (χ0) is 11.3. The van der Waals surface area contributed by atoms with Crippen LogP contribution in [0.15, 0.2) is 36.6 Å². The summed E-state index contributed by atoms with van der Waals surface area (Å²) in [5, 5.41) is 0. The Bertz CT molecular complexity index is 375. The maximum absolute atomic E-state index is 5.24. The van der Waals surface area contributed by atoms with Crippen molar-refractivity contribution >= 4 is 6.08 Å². The lowest BCUT2D eigenvalue weighted by Crippen LogP contribution is -1.85. The maximum Gasteiger partial charge on any atom is 0.112 e. The molecule has 0 amide bonds. The molecule has 1 nitrogen and oxygen atoms in total. The van der Waals surface area contributed by atoms with Crippen LogP contribution in [0.5, 0.6) is 0 Å². The van der Waals surface area contributed by atoms with E-state index in [-0.39, 0.29) is 0 Å². The molecule has 0 heterocycles. The number of ether oxygens (including phenoxy) is 1. The molecular weight excluding hydrogens is 184 g/mol. The number of rotatable bonds is 4. The van der Waals surface area contributed by atoms with Gasteiger partial charge >= 0.3 is 0 Å². The van der Waals surface area contributed by atoms with Gasteiger partial charge in [0.05, 0.1) is 6.61 Å². The van der Waals surface area contributed by atoms with Crippen LogP contribution in [-0.4, -0.2) is 6.61 Å². The van der Waals surface area contributed by atoms with Crippen LogP contribution in [-0.2, 0) is 4.74 Å². The van der Waals surface area contributed by atoms with E-state index in [0.29, 0.717) is 12.4 Å². The Morgan fingerprint density at radius 1 is 1.33 bits per heavy atom. The Kier molecular flexibility index (Phi) is 4.17. The van der Waals surface area contributed by atoms with Gasteiger partial charge in [-0.15, -0.1) is 0 Å². The monoisotopic (exact) mass is 202 g/mol. The number of hydrogen-bond donors (Lipinski definition) is 0. The number of aryl methyl sites for hydroxylation is 2. The highest BCUT2D eigenvalue weighted by atomic mass is 16.5. The Morgan fingerprint density at radius 3 is 2.67 bits per heavy atom. The van der Waals surface area contributed by atoms with E-state index in [4.69, 9.17) is 4.74 Å². The highest BCUT2D eigenvalue weighted by Crippen LogP contribution is 2.12. The van der Waals surface area contributed by atoms with Gasteiger partial charge in [0.15, 0.2) is 0 Å². The second-order valence-corrected chi connectivity index (χ2v) is 3.58. The Morgan fingerprint density at radius 2 is 2.07 bits per heavy atom. The minimum absolute atomic E-state index is 0.663. The topological polar surface area (TPSA) is 9.23 Å². The van der Waals surface area contributed by atoms with Crippen LogP contribution in [0.2, 0.25) is 0 Å². The third-order valence-electron chi connectivity index (χ3n) is 2.32. The second kappa shape index (κ2) is 5.40. The SMILES string of the molecule is C=C(/C=C/c1ccc(C)c(C)c1)OCC. The molecule has 0 aromatic heterocycles. The van der Waals surface area contributed by atoms with Crippen LogP contribution in [0.25, 0.3) is 6.08 Å². The summed E-state index contributed by atoms with van der Waals surface area (Å²) in [6, 6.07) is 6.38. The van der Waals surface area contributed by atoms with Gasteiger partial charge in [-0.05, 0) is 43.5 Å². The number of hydrogen-bond acceptors (Lipinski definition) is 1. The first-order chi connectivity index (χ1) is 7.13. The Labute approximate surface area is 92.1 Å². The van der Waals surface area contributed by atoms with Crippen LogP contribution in [0, 0.1) is 13.8 Å². The fraction of sp³-hybridized carbons (Fsp3) is 0.286. The first-order valence-electron chi connectivity index (χ1n) is 5.20. The van der Waals surface area contributed by atoms with E-state index in [1.165, 1.54) is 16.7 Å². The predicted octanol–water partition coefficient (Wildman–Crippen LogP) is 3.87. The standard InChI is InChI=1S/C14H18O/c1-5-15-13(4)7-9-14-8-6-11(2)12(3)10-14/h6-10H,4-5H2,1-3H3/b9-7+. The van der Waals surface area contributed by atoms with Crippen LogP contribution < -0.4 is 0 Å². The minimum atomic E-state index is 0.663. The van der Waals surface area contributed by atoms with E-state index in [0.717, 1.165) is 0 Å². The normalized spacial score (nSPS) is 10.6. The van der Waals surface area contributed by atoms with E-state index in [9.17, 15) is 0 Å². The largest absolute Gasteiger partial charge is 0.495 e. The third kappa shape index (κ3) is 3.62. The van der Waals surface area contributed by atoms with Crippen molar-refractivity contribution in [3.63, 3.8) is 0 Å². The molecule has 0 unspecified atom stereocenters. The van der Waals surface area contributed by atoms with Gasteiger partial charge in [0.25, 0.3) is 0 Å². The molecule has 0 N–H and O–H groups in total. The molecule has 1 heteroatoms. The molecule has 0 aliphatic carbocycles. The van der Waals surface area contributed by atoms with Crippen molar-refractivity contribution in [2.24, 2.45) is 0 Å². The van der Waals surface area contributed by atoms with Gasteiger partial charge in [-0.2, -0.15) is 0 Å². The minimum Gasteiger partial charge on any atom is -0.495 e. The summed E-state index contributed by atoms with van der Waals surface area (Å²) < 4.78 is 5.24. The van der Waals surface area contributed by atoms with Crippen LogP contribution in [0.1, 0.15) is 23.6 Å². The molecule has 0 aliphatic rings. The highest BCUT2D eigenvalue weighted by Gasteiger charge is 1.93. The summed E-state index contributed by atoms with van der Waals surface area (Å²) >= 11 is 0. The van der Waals surface area contributed by atoms with Gasteiger partial charge in [-0.25, -0.2) is 0 Å². The van der Waals surface area contributed by atoms with E-state index in [2.05, 4.69) is 38.6 Å². The molecule has 0 aliphatic heterocycles. The van der Waals surface area contributed by atoms with E-state index >= 15 is 0 Å². The van der Waals surface area contributed by atoms with E-state index in [1.54, 1.807) is 0 Å². The summed E-state index contributed by atoms with van der Waals surface area (Å²) in [6.07, 6.45) is 3.91. The third-order valence-corrected chi connectivity index (χ3v) is 2.32. The molecule has 0 bridgehead atoms. The molecule has 15 heavy (non-hydrogen) atoms. The van der Waals surface area contributed by atoms with Crippen LogP contribution >= 0.6 is 0 Å². The maximum atomic E-state index is 5.24. The van der Waals surface area contributed by atoms with Gasteiger partial charge in [0.1, 0.15) is 5.76 Å². The van der Waals surface area contributed by atoms with Crippen molar-refractivity contribution in [2.75, 3.05) is 6.61 Å². The first kappa shape index (κ1) is 11.6. The number of benzene rings is 1. The molecule has 0 saturated carbocycles. The second-order valence-electron chi connectivity index (χ2n) is 3.58. The van der Waals surface area contributed by atoms with Gasteiger partial charge in [0, 0.05) is 0 Å². The van der Waals surface area contributed by atoms with Crippen LogP contribution in [0.4, 0.5) is 0 Å². The average Bonchev–Trinajstić information content (AvgIpc) is 2.20. The molecule has 0 spiro atoms. The lowest BCUT2D eigenvalue weighted by molar-refractivity contribution is 0.244. The van der Waals surface area contributed by atoms with Crippen molar-refractivity contribution < 1.29 is 4.74 Å². The molecule has 0 radical (unpaired) electrons. The molecule has 1 rings (SSSR count). The lowest BCUT2D eigenvalue weighted by Gasteiger charge is -2.02. The van der Waals surface area contributed by atoms with Gasteiger partial charge < -0.3 is 4.74 Å². The van der Waals surface area contributed by atoms with Crippen molar-refractivity contribution in [3.05, 3.63) is 53.3 Å². The summed E-state index contributed by atoms with van der Waals surface area (Å²) in [4.78, 5) is 0. The molecule has 0 atom stereocenters. The molecular formula is C14H18O. The molecule has 0 saturated heterocycles. The summed E-state index contributed by atoms with van der Waals surface area (Å²) in [7, 11) is 0. The Hall–Kier alpha value is -1.50. The molecule has 0 fully saturated rings. The van der Waals surface area contributed by atoms with Crippen molar-refractivity contribution in [1.29, 1.82) is 0 Å². The summed E-state index contributed by atoms with van der Waals surface area (Å²) in [5.74, 6) is 0.704. The average molecular weight is 202 g/mol. The van der Waals surface area contributed by atoms with E-state index < -0.39 is 0 Å². The van der Waals surface area contributed by atoms with Crippen molar-refractivity contribution in [2.45, 2.75) is 20.8 Å². The fourth-order valence-electron chi connectivity index (χ4n) is 1.29. The smallest absolute Gasteiger partial charge is 0.112 e. The van der Waals surface area contributed by atoms with E-state index in [1.807, 2.05) is 19.1 Å². The summed E-state index contributed by atoms with van der Waals surface area (Å²) in [5.41, 5.74) is 3.80. The molecule has 80 valence electrons.